The molecule has 3 aromatic rings. The van der Waals surface area contributed by atoms with Crippen LogP contribution in [-0.4, -0.2) is 31.1 Å². The van der Waals surface area contributed by atoms with Gasteiger partial charge in [-0.25, -0.2) is 14.4 Å². The van der Waals surface area contributed by atoms with Gasteiger partial charge in [-0.05, 0) is 55.3 Å². The monoisotopic (exact) mass is 490 g/mol. The van der Waals surface area contributed by atoms with E-state index in [-0.39, 0.29) is 5.69 Å². The Kier molecular flexibility index (Phi) is 6.61. The Morgan fingerprint density at radius 3 is 2.36 bits per heavy atom. The molecule has 2 saturated heterocycles. The maximum Gasteiger partial charge on any atom is 0.266 e. The minimum atomic E-state index is -1.09. The Morgan fingerprint density at radius 2 is 1.64 bits per heavy atom. The summed E-state index contributed by atoms with van der Waals surface area (Å²) in [6, 6.07) is 19.9. The zero-order chi connectivity index (χ0) is 25.2. The third-order valence-corrected chi connectivity index (χ3v) is 6.29. The number of benzene rings is 3. The molecule has 2 aliphatic heterocycles. The van der Waals surface area contributed by atoms with E-state index in [1.165, 1.54) is 18.2 Å². The number of rotatable bonds is 8. The Hall–Kier alpha value is -3.91. The van der Waals surface area contributed by atoms with Crippen molar-refractivity contribution in [2.75, 3.05) is 23.2 Å². The van der Waals surface area contributed by atoms with E-state index in [1.54, 1.807) is 11.1 Å². The van der Waals surface area contributed by atoms with Crippen molar-refractivity contribution in [1.82, 2.24) is 0 Å². The molecule has 5 rings (SSSR count). The number of para-hydroxylation sites is 2. The fourth-order valence-electron chi connectivity index (χ4n) is 4.73. The number of anilines is 2. The first kappa shape index (κ1) is 23.8. The van der Waals surface area contributed by atoms with Crippen LogP contribution < -0.4 is 19.4 Å². The molecule has 0 saturated carbocycles. The highest BCUT2D eigenvalue weighted by molar-refractivity contribution is 6.24. The van der Waals surface area contributed by atoms with Crippen LogP contribution in [0.3, 0.4) is 0 Å². The quantitative estimate of drug-likeness (QED) is 0.411. The lowest BCUT2D eigenvalue weighted by Gasteiger charge is -2.29. The number of hydrogen-bond acceptors (Lipinski definition) is 6. The predicted octanol–water partition coefficient (Wildman–Crippen LogP) is 5.06. The summed E-state index contributed by atoms with van der Waals surface area (Å²) in [5, 5.41) is 1.60. The van der Waals surface area contributed by atoms with Crippen molar-refractivity contribution >= 4 is 23.2 Å². The number of fused-ring (bicyclic) bond motifs is 1. The molecule has 7 nitrogen and oxygen atoms in total. The van der Waals surface area contributed by atoms with Crippen LogP contribution in [0.1, 0.15) is 31.9 Å². The molecule has 0 N–H and O–H groups in total. The van der Waals surface area contributed by atoms with Crippen molar-refractivity contribution in [2.45, 2.75) is 32.4 Å². The van der Waals surface area contributed by atoms with Gasteiger partial charge < -0.3 is 9.47 Å². The molecule has 2 heterocycles. The van der Waals surface area contributed by atoms with E-state index in [0.29, 0.717) is 30.4 Å². The Bertz CT molecular complexity index is 1270. The normalized spacial score (nSPS) is 21.1. The molecule has 2 aliphatic rings. The lowest BCUT2D eigenvalue weighted by atomic mass is 9.90. The molecule has 0 bridgehead atoms. The van der Waals surface area contributed by atoms with Gasteiger partial charge in [0.25, 0.3) is 5.91 Å². The van der Waals surface area contributed by atoms with E-state index in [4.69, 9.17) is 14.3 Å². The van der Waals surface area contributed by atoms with E-state index >= 15 is 0 Å². The van der Waals surface area contributed by atoms with Crippen molar-refractivity contribution < 1.29 is 28.3 Å². The third kappa shape index (κ3) is 4.07. The topological polar surface area (TPSA) is 68.3 Å². The van der Waals surface area contributed by atoms with E-state index in [1.807, 2.05) is 62.4 Å². The smallest absolute Gasteiger partial charge is 0.266 e. The molecule has 0 radical (unpaired) electrons. The van der Waals surface area contributed by atoms with Crippen LogP contribution in [0.5, 0.6) is 11.5 Å². The summed E-state index contributed by atoms with van der Waals surface area (Å²) in [5.41, 5.74) is 1.34. The van der Waals surface area contributed by atoms with E-state index in [2.05, 4.69) is 0 Å². The van der Waals surface area contributed by atoms with Crippen LogP contribution in [0.4, 0.5) is 15.8 Å². The summed E-state index contributed by atoms with van der Waals surface area (Å²) >= 11 is 0. The molecule has 3 aromatic carbocycles. The molecule has 3 atom stereocenters. The van der Waals surface area contributed by atoms with Crippen molar-refractivity contribution in [3.8, 4) is 11.5 Å². The van der Waals surface area contributed by atoms with Crippen LogP contribution in [0.2, 0.25) is 0 Å². The van der Waals surface area contributed by atoms with Crippen LogP contribution in [0.15, 0.2) is 72.8 Å². The average molecular weight is 491 g/mol. The highest BCUT2D eigenvalue weighted by atomic mass is 19.1. The molecule has 2 fully saturated rings. The molecule has 0 spiro atoms. The number of nitrogens with zero attached hydrogens (tertiary/aromatic N) is 2. The van der Waals surface area contributed by atoms with Gasteiger partial charge >= 0.3 is 0 Å². The van der Waals surface area contributed by atoms with Crippen molar-refractivity contribution in [3.63, 3.8) is 0 Å². The fourth-order valence-corrected chi connectivity index (χ4v) is 4.73. The van der Waals surface area contributed by atoms with Crippen molar-refractivity contribution in [2.24, 2.45) is 5.92 Å². The molecular formula is C28H27FN2O5. The van der Waals surface area contributed by atoms with Gasteiger partial charge in [0.1, 0.15) is 11.7 Å². The third-order valence-electron chi connectivity index (χ3n) is 6.29. The number of carbonyl (C=O) groups excluding carboxylic acids is 2. The zero-order valence-corrected chi connectivity index (χ0v) is 20.1. The van der Waals surface area contributed by atoms with Crippen molar-refractivity contribution in [1.29, 1.82) is 0 Å². The molecule has 186 valence electrons. The van der Waals surface area contributed by atoms with Gasteiger partial charge in [0, 0.05) is 0 Å². The lowest BCUT2D eigenvalue weighted by Crippen LogP contribution is -2.37. The maximum atomic E-state index is 14.6. The Morgan fingerprint density at radius 1 is 0.889 bits per heavy atom. The van der Waals surface area contributed by atoms with Crippen LogP contribution in [0, 0.1) is 11.7 Å². The molecule has 2 amide bonds. The number of carbonyl (C=O) groups is 2. The molecular weight excluding hydrogens is 463 g/mol. The first-order chi connectivity index (χ1) is 17.5. The number of hydrogen-bond donors (Lipinski definition) is 0. The van der Waals surface area contributed by atoms with Gasteiger partial charge in [-0.2, -0.15) is 0 Å². The summed E-state index contributed by atoms with van der Waals surface area (Å²) < 4.78 is 26.3. The van der Waals surface area contributed by atoms with Gasteiger partial charge in [-0.15, -0.1) is 0 Å². The largest absolute Gasteiger partial charge is 0.490 e. The molecule has 0 aromatic heterocycles. The van der Waals surface area contributed by atoms with E-state index in [0.717, 1.165) is 16.9 Å². The maximum absolute atomic E-state index is 14.6. The predicted molar refractivity (Wildman–Crippen MR) is 132 cm³/mol. The number of imide groups is 1. The van der Waals surface area contributed by atoms with Gasteiger partial charge in [-0.3, -0.25) is 14.4 Å². The van der Waals surface area contributed by atoms with Gasteiger partial charge in [0.2, 0.25) is 5.91 Å². The zero-order valence-electron chi connectivity index (χ0n) is 20.1. The minimum absolute atomic E-state index is 0.0752. The highest BCUT2D eigenvalue weighted by Gasteiger charge is 2.60. The second-order valence-corrected chi connectivity index (χ2v) is 8.61. The van der Waals surface area contributed by atoms with Gasteiger partial charge in [0.15, 0.2) is 17.6 Å². The van der Waals surface area contributed by atoms with Crippen LogP contribution in [-0.2, 0) is 14.4 Å². The minimum Gasteiger partial charge on any atom is -0.490 e. The van der Waals surface area contributed by atoms with Gasteiger partial charge in [-0.1, -0.05) is 43.3 Å². The summed E-state index contributed by atoms with van der Waals surface area (Å²) in [6.45, 7) is 4.87. The van der Waals surface area contributed by atoms with Gasteiger partial charge in [0.05, 0.1) is 30.6 Å². The van der Waals surface area contributed by atoms with Crippen LogP contribution in [0.25, 0.3) is 0 Å². The van der Waals surface area contributed by atoms with E-state index < -0.39 is 35.7 Å². The standard InChI is InChI=1S/C28H27FN2O5/c1-3-16-35-22-15-14-18(17-23(22)34-4-2)25-24-26(36-31(25)19-10-6-5-7-11-19)28(33)30(27(24)32)21-13-9-8-12-20(21)29/h5-15,17,24-26H,3-4,16H2,1-2H3/t24-,25-,26-/m1/s1. The first-order valence-electron chi connectivity index (χ1n) is 12.1. The van der Waals surface area contributed by atoms with E-state index in [9.17, 15) is 14.0 Å². The summed E-state index contributed by atoms with van der Waals surface area (Å²) in [7, 11) is 0. The summed E-state index contributed by atoms with van der Waals surface area (Å²) in [4.78, 5) is 34.1. The molecule has 36 heavy (non-hydrogen) atoms. The highest BCUT2D eigenvalue weighted by Crippen LogP contribution is 2.49. The molecule has 8 heteroatoms. The Labute approximate surface area is 208 Å². The molecule has 0 aliphatic carbocycles. The number of ether oxygens (including phenoxy) is 2. The SMILES string of the molecule is CCCOc1ccc([C@@H]2[C@H]3C(=O)N(c4ccccc4F)C(=O)[C@@H]3ON2c2ccccc2)cc1OCC. The second kappa shape index (κ2) is 9.99. The lowest BCUT2D eigenvalue weighted by molar-refractivity contribution is -0.126. The Balaban J connectivity index is 1.59. The number of hydroxylamine groups is 1. The average Bonchev–Trinajstić information content (AvgIpc) is 3.40. The summed E-state index contributed by atoms with van der Waals surface area (Å²) in [5.74, 6) is -1.48. The fraction of sp³-hybridized carbons (Fsp3) is 0.286. The van der Waals surface area contributed by atoms with Crippen LogP contribution >= 0.6 is 0 Å². The second-order valence-electron chi connectivity index (χ2n) is 8.61. The summed E-state index contributed by atoms with van der Waals surface area (Å²) in [6.07, 6.45) is -0.244. The van der Waals surface area contributed by atoms with Crippen molar-refractivity contribution in [3.05, 3.63) is 84.2 Å². The first-order valence-corrected chi connectivity index (χ1v) is 12.1. The number of halogens is 1. The molecule has 0 unspecified atom stereocenters. The number of amides is 2.